The molecule has 0 aliphatic carbocycles. The lowest BCUT2D eigenvalue weighted by molar-refractivity contribution is -0.116. The maximum Gasteiger partial charge on any atom is 0.328 e. The maximum atomic E-state index is 11.5. The molecule has 1 N–H and O–H groups in total. The Labute approximate surface area is 90.5 Å². The molecule has 0 aliphatic heterocycles. The predicted molar refractivity (Wildman–Crippen MR) is 58.7 cm³/mol. The lowest BCUT2D eigenvalue weighted by atomic mass is 10.1. The summed E-state index contributed by atoms with van der Waals surface area (Å²) in [6, 6.07) is 0. The molecule has 5 heteroatoms. The van der Waals surface area contributed by atoms with Crippen molar-refractivity contribution in [1.29, 1.82) is 0 Å². The topological polar surface area (TPSA) is 71.4 Å². The molecule has 0 saturated heterocycles. The summed E-state index contributed by atoms with van der Waals surface area (Å²) in [4.78, 5) is 32.1. The largest absolute Gasteiger partial charge is 0.334 e. The highest BCUT2D eigenvalue weighted by atomic mass is 31.2. The van der Waals surface area contributed by atoms with E-state index >= 15 is 0 Å². The number of carbonyl (C=O) groups excluding carboxylic acids is 2. The molecule has 15 heavy (non-hydrogen) atoms. The van der Waals surface area contributed by atoms with Gasteiger partial charge >= 0.3 is 7.37 Å². The Bertz CT molecular complexity index is 268. The van der Waals surface area contributed by atoms with E-state index in [1.165, 1.54) is 0 Å². The van der Waals surface area contributed by atoms with Crippen molar-refractivity contribution in [3.8, 4) is 0 Å². The molecule has 0 aromatic rings. The molecule has 0 unspecified atom stereocenters. The molecule has 4 nitrogen and oxygen atoms in total. The Kier molecular flexibility index (Phi) is 5.39. The van der Waals surface area contributed by atoms with Crippen LogP contribution in [0.15, 0.2) is 0 Å². The number of rotatable bonds is 6. The summed E-state index contributed by atoms with van der Waals surface area (Å²) in [5.41, 5.74) is -1.63. The molecule has 0 saturated carbocycles. The van der Waals surface area contributed by atoms with Crippen LogP contribution in [0.5, 0.6) is 0 Å². The van der Waals surface area contributed by atoms with Crippen LogP contribution in [0.2, 0.25) is 0 Å². The normalized spacial score (nSPS) is 12.2. The minimum absolute atomic E-state index is 0.00942. The fourth-order valence-corrected chi connectivity index (χ4v) is 2.59. The summed E-state index contributed by atoms with van der Waals surface area (Å²) < 4.78 is 11.5. The fraction of sp³-hybridized carbons (Fsp3) is 0.800. The van der Waals surface area contributed by atoms with E-state index in [4.69, 9.17) is 0 Å². The first-order valence-corrected chi connectivity index (χ1v) is 6.73. The first kappa shape index (κ1) is 14.5. The lowest BCUT2D eigenvalue weighted by Gasteiger charge is -2.11. The maximum absolute atomic E-state index is 11.5. The van der Waals surface area contributed by atoms with Crippen molar-refractivity contribution in [2.75, 3.05) is 0 Å². The second-order valence-electron chi connectivity index (χ2n) is 4.56. The summed E-state index contributed by atoms with van der Waals surface area (Å²) in [5.74, 6) is -0.0188. The van der Waals surface area contributed by atoms with Gasteiger partial charge in [-0.2, -0.15) is 0 Å². The van der Waals surface area contributed by atoms with Gasteiger partial charge in [0.05, 0.1) is 0 Å². The van der Waals surface area contributed by atoms with E-state index in [9.17, 15) is 19.0 Å². The third-order valence-electron chi connectivity index (χ3n) is 1.84. The van der Waals surface area contributed by atoms with Gasteiger partial charge in [-0.25, -0.2) is 0 Å². The summed E-state index contributed by atoms with van der Waals surface area (Å²) in [7, 11) is -4.26. The standard InChI is InChI=1S/C10H19O4P/c1-7(2)5-9(11)15(13,14)10(12)6-8(3)4/h7-8H,5-6H2,1-4H3,(H,13,14). The van der Waals surface area contributed by atoms with Crippen LogP contribution in [-0.2, 0) is 14.2 Å². The van der Waals surface area contributed by atoms with Gasteiger partial charge in [0.1, 0.15) is 0 Å². The first-order valence-electron chi connectivity index (χ1n) is 5.07. The van der Waals surface area contributed by atoms with Gasteiger partial charge in [0.2, 0.25) is 11.0 Å². The molecule has 88 valence electrons. The molecule has 0 amide bonds. The van der Waals surface area contributed by atoms with Gasteiger partial charge in [-0.3, -0.25) is 14.2 Å². The number of hydrogen-bond acceptors (Lipinski definition) is 3. The van der Waals surface area contributed by atoms with Gasteiger partial charge in [0.25, 0.3) is 0 Å². The summed E-state index contributed by atoms with van der Waals surface area (Å²) in [6.45, 7) is 7.07. The Morgan fingerprint density at radius 1 is 1.00 bits per heavy atom. The van der Waals surface area contributed by atoms with E-state index in [0.717, 1.165) is 0 Å². The molecule has 0 heterocycles. The first-order chi connectivity index (χ1) is 6.67. The van der Waals surface area contributed by atoms with Crippen molar-refractivity contribution in [2.45, 2.75) is 40.5 Å². The van der Waals surface area contributed by atoms with Gasteiger partial charge in [-0.05, 0) is 11.8 Å². The molecule has 0 rings (SSSR count). The minimum Gasteiger partial charge on any atom is -0.334 e. The molecule has 0 bridgehead atoms. The number of hydrogen-bond donors (Lipinski definition) is 1. The highest BCUT2D eigenvalue weighted by Crippen LogP contribution is 2.46. The van der Waals surface area contributed by atoms with Gasteiger partial charge in [-0.1, -0.05) is 27.7 Å². The Morgan fingerprint density at radius 3 is 1.47 bits per heavy atom. The van der Waals surface area contributed by atoms with E-state index in [2.05, 4.69) is 0 Å². The van der Waals surface area contributed by atoms with E-state index < -0.39 is 18.4 Å². The Hall–Kier alpha value is -0.470. The zero-order chi connectivity index (χ0) is 12.2. The van der Waals surface area contributed by atoms with E-state index in [-0.39, 0.29) is 24.7 Å². The second kappa shape index (κ2) is 5.57. The molecular formula is C10H19O4P. The van der Waals surface area contributed by atoms with Crippen molar-refractivity contribution >= 4 is 18.4 Å². The zero-order valence-electron chi connectivity index (χ0n) is 9.69. The average molecular weight is 234 g/mol. The highest BCUT2D eigenvalue weighted by Gasteiger charge is 2.37. The third kappa shape index (κ3) is 4.72. The molecule has 0 atom stereocenters. The van der Waals surface area contributed by atoms with Crippen LogP contribution in [-0.4, -0.2) is 15.9 Å². The van der Waals surface area contributed by atoms with E-state index in [1.807, 2.05) is 0 Å². The SMILES string of the molecule is CC(C)CC(=O)P(=O)(O)C(=O)CC(C)C. The monoisotopic (exact) mass is 234 g/mol. The molecule has 0 spiro atoms. The van der Waals surface area contributed by atoms with Crippen LogP contribution in [0.3, 0.4) is 0 Å². The molecule has 0 aromatic heterocycles. The minimum atomic E-state index is -4.26. The number of carbonyl (C=O) groups is 2. The van der Waals surface area contributed by atoms with E-state index in [0.29, 0.717) is 0 Å². The second-order valence-corrected chi connectivity index (χ2v) is 6.71. The van der Waals surface area contributed by atoms with Crippen molar-refractivity contribution in [3.05, 3.63) is 0 Å². The van der Waals surface area contributed by atoms with Crippen LogP contribution in [0, 0.1) is 11.8 Å². The average Bonchev–Trinajstić information content (AvgIpc) is 2.01. The quantitative estimate of drug-likeness (QED) is 0.716. The molecule has 0 aliphatic rings. The van der Waals surface area contributed by atoms with E-state index in [1.54, 1.807) is 27.7 Å². The lowest BCUT2D eigenvalue weighted by Crippen LogP contribution is -2.12. The van der Waals surface area contributed by atoms with Crippen LogP contribution in [0.4, 0.5) is 0 Å². The van der Waals surface area contributed by atoms with Crippen LogP contribution < -0.4 is 0 Å². The van der Waals surface area contributed by atoms with Crippen LogP contribution in [0.25, 0.3) is 0 Å². The summed E-state index contributed by atoms with van der Waals surface area (Å²) >= 11 is 0. The molecule has 0 aromatic carbocycles. The smallest absolute Gasteiger partial charge is 0.328 e. The predicted octanol–water partition coefficient (Wildman–Crippen LogP) is 2.40. The zero-order valence-corrected chi connectivity index (χ0v) is 10.6. The summed E-state index contributed by atoms with van der Waals surface area (Å²) in [6.07, 6.45) is -0.0325. The van der Waals surface area contributed by atoms with Gasteiger partial charge < -0.3 is 4.89 Å². The van der Waals surface area contributed by atoms with Crippen molar-refractivity contribution in [3.63, 3.8) is 0 Å². The van der Waals surface area contributed by atoms with Gasteiger partial charge in [0.15, 0.2) is 0 Å². The highest BCUT2D eigenvalue weighted by molar-refractivity contribution is 7.89. The Balaban J connectivity index is 4.60. The van der Waals surface area contributed by atoms with Crippen LogP contribution in [0.1, 0.15) is 40.5 Å². The third-order valence-corrected chi connectivity index (χ3v) is 3.56. The molecular weight excluding hydrogens is 215 g/mol. The van der Waals surface area contributed by atoms with Crippen molar-refractivity contribution < 1.29 is 19.0 Å². The van der Waals surface area contributed by atoms with Gasteiger partial charge in [0, 0.05) is 12.8 Å². The van der Waals surface area contributed by atoms with Crippen LogP contribution >= 0.6 is 7.37 Å². The fourth-order valence-electron chi connectivity index (χ4n) is 1.09. The van der Waals surface area contributed by atoms with Gasteiger partial charge in [-0.15, -0.1) is 0 Å². The van der Waals surface area contributed by atoms with Crippen molar-refractivity contribution in [2.24, 2.45) is 11.8 Å². The summed E-state index contributed by atoms with van der Waals surface area (Å²) in [5, 5.41) is 0. The Morgan fingerprint density at radius 2 is 1.27 bits per heavy atom. The molecule has 0 fully saturated rings. The van der Waals surface area contributed by atoms with Crippen molar-refractivity contribution in [1.82, 2.24) is 0 Å². The molecule has 0 radical (unpaired) electrons.